The summed E-state index contributed by atoms with van der Waals surface area (Å²) in [6.07, 6.45) is 4.75. The lowest BCUT2D eigenvalue weighted by atomic mass is 9.81. The number of piperidine rings is 1. The zero-order valence-electron chi connectivity index (χ0n) is 10.7. The summed E-state index contributed by atoms with van der Waals surface area (Å²) in [7, 11) is 1.76. The second-order valence-corrected chi connectivity index (χ2v) is 5.16. The second-order valence-electron chi connectivity index (χ2n) is 5.16. The molecule has 1 fully saturated rings. The Morgan fingerprint density at radius 2 is 2.22 bits per heavy atom. The fraction of sp³-hybridized carbons (Fsp3) is 0.583. The summed E-state index contributed by atoms with van der Waals surface area (Å²) in [5.41, 5.74) is 5.35. The molecule has 1 saturated heterocycles. The Kier molecular flexibility index (Phi) is 3.11. The summed E-state index contributed by atoms with van der Waals surface area (Å²) < 4.78 is 1.59. The summed E-state index contributed by atoms with van der Waals surface area (Å²) in [5.74, 6) is -0.429. The molecule has 1 atom stereocenters. The molecule has 1 aliphatic heterocycles. The van der Waals surface area contributed by atoms with Gasteiger partial charge < -0.3 is 10.6 Å². The van der Waals surface area contributed by atoms with Crippen LogP contribution in [0.25, 0.3) is 0 Å². The molecule has 1 unspecified atom stereocenters. The van der Waals surface area contributed by atoms with E-state index < -0.39 is 5.41 Å². The third-order valence-corrected chi connectivity index (χ3v) is 3.53. The molecule has 0 spiro atoms. The van der Waals surface area contributed by atoms with E-state index in [0.29, 0.717) is 18.7 Å². The van der Waals surface area contributed by atoms with Crippen molar-refractivity contribution in [2.45, 2.75) is 19.8 Å². The summed E-state index contributed by atoms with van der Waals surface area (Å²) >= 11 is 0. The van der Waals surface area contributed by atoms with Crippen LogP contribution in [0.15, 0.2) is 12.4 Å². The van der Waals surface area contributed by atoms with Crippen molar-refractivity contribution in [1.82, 2.24) is 14.7 Å². The zero-order valence-corrected chi connectivity index (χ0v) is 10.7. The number of aromatic nitrogens is 2. The Labute approximate surface area is 106 Å². The standard InChI is InChI=1S/C12H18N4O2/c1-12(11(13)18)4-3-5-16(8-12)10(17)9-6-14-15(2)7-9/h6-7H,3-5,8H2,1-2H3,(H2,13,18). The van der Waals surface area contributed by atoms with Gasteiger partial charge in [-0.15, -0.1) is 0 Å². The Morgan fingerprint density at radius 1 is 1.50 bits per heavy atom. The minimum absolute atomic E-state index is 0.0877. The van der Waals surface area contributed by atoms with Crippen LogP contribution in [-0.4, -0.2) is 39.6 Å². The van der Waals surface area contributed by atoms with E-state index >= 15 is 0 Å². The first-order valence-corrected chi connectivity index (χ1v) is 6.00. The van der Waals surface area contributed by atoms with Crippen LogP contribution in [0.1, 0.15) is 30.1 Å². The van der Waals surface area contributed by atoms with Crippen LogP contribution in [0.5, 0.6) is 0 Å². The van der Waals surface area contributed by atoms with E-state index in [2.05, 4.69) is 5.10 Å². The number of likely N-dealkylation sites (tertiary alicyclic amines) is 1. The Bertz CT molecular complexity index is 482. The van der Waals surface area contributed by atoms with Crippen molar-refractivity contribution in [1.29, 1.82) is 0 Å². The molecule has 0 aliphatic carbocycles. The molecule has 1 aromatic rings. The number of nitrogens with zero attached hydrogens (tertiary/aromatic N) is 3. The first-order chi connectivity index (χ1) is 8.42. The number of hydrogen-bond acceptors (Lipinski definition) is 3. The van der Waals surface area contributed by atoms with Crippen molar-refractivity contribution < 1.29 is 9.59 Å². The second kappa shape index (κ2) is 4.44. The number of rotatable bonds is 2. The molecule has 0 saturated carbocycles. The number of amides is 2. The molecule has 6 heteroatoms. The van der Waals surface area contributed by atoms with E-state index in [9.17, 15) is 9.59 Å². The molecule has 1 aromatic heterocycles. The molecular formula is C12H18N4O2. The predicted octanol–water partition coefficient (Wildman–Crippen LogP) is 0.148. The fourth-order valence-corrected chi connectivity index (χ4v) is 2.33. The maximum Gasteiger partial charge on any atom is 0.257 e. The van der Waals surface area contributed by atoms with Crippen molar-refractivity contribution in [3.8, 4) is 0 Å². The van der Waals surface area contributed by atoms with Gasteiger partial charge in [0.15, 0.2) is 0 Å². The van der Waals surface area contributed by atoms with Gasteiger partial charge >= 0.3 is 0 Å². The maximum absolute atomic E-state index is 12.2. The van der Waals surface area contributed by atoms with Crippen LogP contribution in [0.3, 0.4) is 0 Å². The Hall–Kier alpha value is -1.85. The molecule has 0 radical (unpaired) electrons. The van der Waals surface area contributed by atoms with Gasteiger partial charge in [0.1, 0.15) is 0 Å². The van der Waals surface area contributed by atoms with Crippen molar-refractivity contribution >= 4 is 11.8 Å². The van der Waals surface area contributed by atoms with Gasteiger partial charge in [-0.25, -0.2) is 0 Å². The van der Waals surface area contributed by atoms with Crippen LogP contribution in [0.4, 0.5) is 0 Å². The van der Waals surface area contributed by atoms with Gasteiger partial charge in [-0.1, -0.05) is 0 Å². The molecule has 0 bridgehead atoms. The molecule has 2 N–H and O–H groups in total. The highest BCUT2D eigenvalue weighted by Gasteiger charge is 2.38. The summed E-state index contributed by atoms with van der Waals surface area (Å²) in [6.45, 7) is 2.87. The highest BCUT2D eigenvalue weighted by Crippen LogP contribution is 2.29. The van der Waals surface area contributed by atoms with E-state index in [0.717, 1.165) is 12.8 Å². The van der Waals surface area contributed by atoms with Gasteiger partial charge in [0.2, 0.25) is 5.91 Å². The number of primary amides is 1. The summed E-state index contributed by atoms with van der Waals surface area (Å²) in [6, 6.07) is 0. The van der Waals surface area contributed by atoms with Crippen molar-refractivity contribution in [3.05, 3.63) is 18.0 Å². The lowest BCUT2D eigenvalue weighted by Gasteiger charge is -2.38. The molecule has 18 heavy (non-hydrogen) atoms. The number of nitrogens with two attached hydrogens (primary N) is 1. The SMILES string of the molecule is Cn1cc(C(=O)N2CCCC(C)(C(N)=O)C2)cn1. The molecule has 2 heterocycles. The minimum Gasteiger partial charge on any atom is -0.369 e. The van der Waals surface area contributed by atoms with E-state index in [1.807, 2.05) is 6.92 Å². The Morgan fingerprint density at radius 3 is 2.78 bits per heavy atom. The van der Waals surface area contributed by atoms with Crippen molar-refractivity contribution in [2.75, 3.05) is 13.1 Å². The van der Waals surface area contributed by atoms with Crippen molar-refractivity contribution in [2.24, 2.45) is 18.2 Å². The smallest absolute Gasteiger partial charge is 0.257 e. The third kappa shape index (κ3) is 2.23. The van der Waals surface area contributed by atoms with E-state index in [1.165, 1.54) is 0 Å². The summed E-state index contributed by atoms with van der Waals surface area (Å²) in [4.78, 5) is 25.4. The van der Waals surface area contributed by atoms with Crippen LogP contribution < -0.4 is 5.73 Å². The van der Waals surface area contributed by atoms with Gasteiger partial charge in [0, 0.05) is 26.3 Å². The predicted molar refractivity (Wildman–Crippen MR) is 65.6 cm³/mol. The number of hydrogen-bond donors (Lipinski definition) is 1. The first-order valence-electron chi connectivity index (χ1n) is 6.00. The average Bonchev–Trinajstić information content (AvgIpc) is 2.75. The average molecular weight is 250 g/mol. The van der Waals surface area contributed by atoms with Gasteiger partial charge in [-0.3, -0.25) is 14.3 Å². The van der Waals surface area contributed by atoms with Crippen molar-refractivity contribution in [3.63, 3.8) is 0 Å². The minimum atomic E-state index is -0.615. The molecule has 2 rings (SSSR count). The molecule has 98 valence electrons. The largest absolute Gasteiger partial charge is 0.369 e. The van der Waals surface area contributed by atoms with Crippen LogP contribution >= 0.6 is 0 Å². The van der Waals surface area contributed by atoms with E-state index in [1.54, 1.807) is 29.0 Å². The quantitative estimate of drug-likeness (QED) is 0.811. The van der Waals surface area contributed by atoms with Gasteiger partial charge in [0.05, 0.1) is 17.2 Å². The number of carbonyl (C=O) groups excluding carboxylic acids is 2. The lowest BCUT2D eigenvalue weighted by molar-refractivity contribution is -0.129. The van der Waals surface area contributed by atoms with Gasteiger partial charge in [-0.05, 0) is 19.8 Å². The number of aryl methyl sites for hydroxylation is 1. The molecule has 2 amide bonds. The van der Waals surface area contributed by atoms with Crippen LogP contribution in [0.2, 0.25) is 0 Å². The summed E-state index contributed by atoms with van der Waals surface area (Å²) in [5, 5.41) is 3.98. The molecular weight excluding hydrogens is 232 g/mol. The fourth-order valence-electron chi connectivity index (χ4n) is 2.33. The molecule has 1 aliphatic rings. The molecule has 6 nitrogen and oxygen atoms in total. The van der Waals surface area contributed by atoms with Crippen LogP contribution in [-0.2, 0) is 11.8 Å². The highest BCUT2D eigenvalue weighted by atomic mass is 16.2. The normalized spacial score (nSPS) is 24.0. The molecule has 0 aromatic carbocycles. The first kappa shape index (κ1) is 12.6. The van der Waals surface area contributed by atoms with E-state index in [-0.39, 0.29) is 11.8 Å². The maximum atomic E-state index is 12.2. The highest BCUT2D eigenvalue weighted by molar-refractivity contribution is 5.94. The van der Waals surface area contributed by atoms with Gasteiger partial charge in [-0.2, -0.15) is 5.10 Å². The number of carbonyl (C=O) groups is 2. The lowest BCUT2D eigenvalue weighted by Crippen LogP contribution is -2.50. The Balaban J connectivity index is 2.14. The third-order valence-electron chi connectivity index (χ3n) is 3.53. The zero-order chi connectivity index (χ0) is 13.3. The van der Waals surface area contributed by atoms with Crippen LogP contribution in [0, 0.1) is 5.41 Å². The monoisotopic (exact) mass is 250 g/mol. The van der Waals surface area contributed by atoms with E-state index in [4.69, 9.17) is 5.73 Å². The topological polar surface area (TPSA) is 81.2 Å². The van der Waals surface area contributed by atoms with Gasteiger partial charge in [0.25, 0.3) is 5.91 Å².